The molecule has 44 heavy (non-hydrogen) atoms. The Hall–Kier alpha value is -0.350. The minimum absolute atomic E-state index is 0.591. The van der Waals surface area contributed by atoms with Gasteiger partial charge in [-0.3, -0.25) is 0 Å². The number of hydrogen-bond donors (Lipinski definition) is 0. The zero-order valence-corrected chi connectivity index (χ0v) is 33.8. The van der Waals surface area contributed by atoms with Crippen molar-refractivity contribution in [2.75, 3.05) is 58.5 Å². The van der Waals surface area contributed by atoms with Crippen molar-refractivity contribution < 1.29 is 13.7 Å². The molecule has 0 N–H and O–H groups in total. The highest BCUT2D eigenvalue weighted by Crippen LogP contribution is 2.42. The monoisotopic (exact) mass is 668 g/mol. The average molecular weight is 669 g/mol. The molecule has 0 aromatic heterocycles. The van der Waals surface area contributed by atoms with E-state index in [2.05, 4.69) is 73.3 Å². The summed E-state index contributed by atoms with van der Waals surface area (Å²) in [6.45, 7) is 31.6. The van der Waals surface area contributed by atoms with Crippen molar-refractivity contribution in [3.63, 3.8) is 0 Å². The Labute approximate surface area is 274 Å². The van der Waals surface area contributed by atoms with Gasteiger partial charge in [-0.2, -0.15) is 0 Å². The molecule has 3 aliphatic carbocycles. The Morgan fingerprint density at radius 2 is 0.932 bits per heavy atom. The fourth-order valence-corrected chi connectivity index (χ4v) is 8.96. The van der Waals surface area contributed by atoms with Gasteiger partial charge < -0.3 is 13.7 Å². The maximum Gasteiger partial charge on any atom is 0.0855 e. The van der Waals surface area contributed by atoms with Crippen molar-refractivity contribution in [1.29, 1.82) is 0 Å². The highest BCUT2D eigenvalue weighted by molar-refractivity contribution is 7.63. The van der Waals surface area contributed by atoms with Crippen LogP contribution >= 0.6 is 21.4 Å². The molecule has 0 saturated heterocycles. The zero-order chi connectivity index (χ0) is 34.0. The summed E-state index contributed by atoms with van der Waals surface area (Å²) in [5.74, 6) is 5.37. The standard InChI is InChI=1S/C13H25OP.C13H23OP.C12H23OP/c1-10-8-13(6-7-15(4,5)14)9-11(2)12(10)3;1-10-8-11(2)12(3)13(9-10)6-7-15(4,5)14;1-10-7-11(2)9-12(8-10)5-6-14(3,4)13/h6,10-12H,7-9H2,1-5H3;6,10-11H,3,7-9H2,1-2,4-5H3;5,10-11H,6-9H2,1-4H3/b;13-6-;/t10-,11-,12?;2*10-,11-/m100/s1. The molecule has 0 aromatic rings. The second-order valence-electron chi connectivity index (χ2n) is 16.8. The van der Waals surface area contributed by atoms with Crippen LogP contribution in [0.3, 0.4) is 0 Å². The highest BCUT2D eigenvalue weighted by Gasteiger charge is 2.26. The molecule has 256 valence electrons. The van der Waals surface area contributed by atoms with Gasteiger partial charge in [-0.25, -0.2) is 0 Å². The smallest absolute Gasteiger partial charge is 0.0855 e. The molecule has 0 spiro atoms. The summed E-state index contributed by atoms with van der Waals surface area (Å²) in [7, 11) is -5.63. The predicted molar refractivity (Wildman–Crippen MR) is 203 cm³/mol. The summed E-state index contributed by atoms with van der Waals surface area (Å²) < 4.78 is 34.9. The van der Waals surface area contributed by atoms with E-state index in [-0.39, 0.29) is 0 Å². The molecule has 0 radical (unpaired) electrons. The van der Waals surface area contributed by atoms with Gasteiger partial charge >= 0.3 is 0 Å². The lowest BCUT2D eigenvalue weighted by Gasteiger charge is -2.33. The molecule has 0 amide bonds. The summed E-state index contributed by atoms with van der Waals surface area (Å²) in [5, 5.41) is 0. The third-order valence-corrected chi connectivity index (χ3v) is 12.9. The molecule has 0 unspecified atom stereocenters. The molecule has 3 rings (SSSR count). The SMILES string of the molecule is C=C1/C(=C\CP(C)(C)=O)C[C@@H](C)C[C@@H]1C.CC1[C@H](C)CC(=CCP(C)(C)=O)C[C@H]1C.C[C@@H]1CC(=CCP(C)(C)=O)C[C@@H](C)C1. The highest BCUT2D eigenvalue weighted by atomic mass is 31.2. The minimum Gasteiger partial charge on any atom is -0.324 e. The third-order valence-electron chi connectivity index (χ3n) is 9.74. The Kier molecular flexibility index (Phi) is 17.3. The molecule has 3 saturated carbocycles. The molecule has 0 heterocycles. The van der Waals surface area contributed by atoms with Crippen LogP contribution in [0, 0.1) is 41.4 Å². The average Bonchev–Trinajstić information content (AvgIpc) is 2.85. The van der Waals surface area contributed by atoms with Gasteiger partial charge in [0.15, 0.2) is 0 Å². The van der Waals surface area contributed by atoms with E-state index in [1.54, 1.807) is 5.57 Å². The summed E-state index contributed by atoms with van der Waals surface area (Å²) in [6, 6.07) is 0. The molecule has 3 fully saturated rings. The molecule has 0 aliphatic heterocycles. The Balaban J connectivity index is 0.000000330. The normalized spacial score (nSPS) is 31.0. The van der Waals surface area contributed by atoms with Crippen LogP contribution in [0.15, 0.2) is 47.1 Å². The van der Waals surface area contributed by atoms with E-state index in [1.165, 1.54) is 55.2 Å². The molecule has 3 aliphatic rings. The van der Waals surface area contributed by atoms with E-state index < -0.39 is 21.4 Å². The van der Waals surface area contributed by atoms with Crippen LogP contribution in [-0.2, 0) is 13.7 Å². The third kappa shape index (κ3) is 18.1. The zero-order valence-electron chi connectivity index (χ0n) is 31.1. The molecule has 3 nitrogen and oxygen atoms in total. The molecular weight excluding hydrogens is 597 g/mol. The predicted octanol–water partition coefficient (Wildman–Crippen LogP) is 12.4. The summed E-state index contributed by atoms with van der Waals surface area (Å²) in [5.41, 5.74) is 5.70. The fraction of sp³-hybridized carbons (Fsp3) is 0.789. The van der Waals surface area contributed by atoms with E-state index in [0.717, 1.165) is 60.4 Å². The maximum absolute atomic E-state index is 11.7. The Morgan fingerprint density at radius 3 is 1.34 bits per heavy atom. The molecule has 0 aromatic carbocycles. The summed E-state index contributed by atoms with van der Waals surface area (Å²) in [6.07, 6.45) is 17.6. The van der Waals surface area contributed by atoms with E-state index in [4.69, 9.17) is 0 Å². The first-order valence-corrected chi connectivity index (χ1v) is 25.7. The maximum atomic E-state index is 11.7. The van der Waals surface area contributed by atoms with E-state index in [1.807, 2.05) is 40.0 Å². The van der Waals surface area contributed by atoms with Crippen LogP contribution in [0.1, 0.15) is 93.4 Å². The van der Waals surface area contributed by atoms with Crippen molar-refractivity contribution in [3.05, 3.63) is 47.1 Å². The van der Waals surface area contributed by atoms with Gasteiger partial charge in [0.2, 0.25) is 0 Å². The first-order chi connectivity index (χ1) is 20.0. The van der Waals surface area contributed by atoms with E-state index in [0.29, 0.717) is 5.92 Å². The first-order valence-electron chi connectivity index (χ1n) is 17.3. The second-order valence-corrected chi connectivity index (χ2v) is 27.3. The van der Waals surface area contributed by atoms with Crippen LogP contribution in [0.5, 0.6) is 0 Å². The fourth-order valence-electron chi connectivity index (χ4n) is 6.90. The topological polar surface area (TPSA) is 51.2 Å². The van der Waals surface area contributed by atoms with Gasteiger partial charge in [-0.15, -0.1) is 0 Å². The lowest BCUT2D eigenvalue weighted by atomic mass is 9.72. The van der Waals surface area contributed by atoms with Gasteiger partial charge in [0.05, 0.1) is 21.4 Å². The Morgan fingerprint density at radius 1 is 0.568 bits per heavy atom. The quantitative estimate of drug-likeness (QED) is 0.209. The molecule has 6 atom stereocenters. The molecule has 0 bridgehead atoms. The van der Waals surface area contributed by atoms with Crippen molar-refractivity contribution in [3.8, 4) is 0 Å². The van der Waals surface area contributed by atoms with Crippen molar-refractivity contribution in [2.24, 2.45) is 41.4 Å². The van der Waals surface area contributed by atoms with E-state index >= 15 is 0 Å². The van der Waals surface area contributed by atoms with Gasteiger partial charge in [-0.1, -0.05) is 84.4 Å². The Bertz CT molecular complexity index is 1130. The van der Waals surface area contributed by atoms with Gasteiger partial charge in [-0.05, 0) is 138 Å². The molecular formula is C38H71O3P3. The van der Waals surface area contributed by atoms with Gasteiger partial charge in [0.1, 0.15) is 0 Å². The number of hydrogen-bond acceptors (Lipinski definition) is 3. The number of allylic oxidation sites excluding steroid dienone is 7. The first kappa shape index (κ1) is 41.7. The summed E-state index contributed by atoms with van der Waals surface area (Å²) in [4.78, 5) is 0. The van der Waals surface area contributed by atoms with Crippen molar-refractivity contribution in [1.82, 2.24) is 0 Å². The van der Waals surface area contributed by atoms with Gasteiger partial charge in [0.25, 0.3) is 0 Å². The van der Waals surface area contributed by atoms with Crippen LogP contribution in [0.2, 0.25) is 0 Å². The van der Waals surface area contributed by atoms with Crippen molar-refractivity contribution >= 4 is 21.4 Å². The second kappa shape index (κ2) is 18.3. The van der Waals surface area contributed by atoms with Crippen LogP contribution in [0.4, 0.5) is 0 Å². The lowest BCUT2D eigenvalue weighted by molar-refractivity contribution is 0.237. The largest absolute Gasteiger partial charge is 0.324 e. The lowest BCUT2D eigenvalue weighted by Crippen LogP contribution is -2.23. The minimum atomic E-state index is -1.92. The van der Waals surface area contributed by atoms with Crippen LogP contribution in [-0.4, -0.2) is 58.5 Å². The number of rotatable bonds is 6. The van der Waals surface area contributed by atoms with Crippen LogP contribution in [0.25, 0.3) is 0 Å². The van der Waals surface area contributed by atoms with E-state index in [9.17, 15) is 13.7 Å². The molecule has 6 heteroatoms. The van der Waals surface area contributed by atoms with Crippen LogP contribution < -0.4 is 0 Å². The van der Waals surface area contributed by atoms with Gasteiger partial charge in [0, 0.05) is 18.5 Å². The van der Waals surface area contributed by atoms with Crippen molar-refractivity contribution in [2.45, 2.75) is 93.4 Å². The summed E-state index contributed by atoms with van der Waals surface area (Å²) >= 11 is 0.